The molecule has 0 saturated carbocycles. The molecule has 0 amide bonds. The van der Waals surface area contributed by atoms with E-state index in [0.717, 1.165) is 28.6 Å². The van der Waals surface area contributed by atoms with E-state index in [1.807, 2.05) is 24.9 Å². The fourth-order valence-corrected chi connectivity index (χ4v) is 2.98. The van der Waals surface area contributed by atoms with Crippen molar-refractivity contribution in [2.45, 2.75) is 12.7 Å². The minimum Gasteiger partial charge on any atom is -0.348 e. The number of hydrogen-bond acceptors (Lipinski definition) is 5. The summed E-state index contributed by atoms with van der Waals surface area (Å²) in [7, 11) is 1.67. The minimum atomic E-state index is 0. The predicted molar refractivity (Wildman–Crippen MR) is 81.3 cm³/mol. The van der Waals surface area contributed by atoms with Crippen LogP contribution in [0.3, 0.4) is 0 Å². The van der Waals surface area contributed by atoms with Gasteiger partial charge in [-0.2, -0.15) is 17.0 Å². The normalized spacial score (nSPS) is 10.6. The summed E-state index contributed by atoms with van der Waals surface area (Å²) >= 11 is 3.38. The molecule has 0 aliphatic carbocycles. The zero-order valence-electron chi connectivity index (χ0n) is 10.3. The third kappa shape index (κ3) is 6.19. The van der Waals surface area contributed by atoms with Crippen molar-refractivity contribution in [1.29, 1.82) is 5.26 Å². The molecule has 0 aliphatic heterocycles. The molecule has 2 N–H and O–H groups in total. The molecule has 1 rings (SSSR count). The maximum atomic E-state index is 8.45. The SMILES string of the molecule is C/N=C(\NC#N)SCCSCc1nc[nH]c1C.Cl. The van der Waals surface area contributed by atoms with Gasteiger partial charge in [-0.25, -0.2) is 4.98 Å². The number of imidazole rings is 1. The Morgan fingerprint density at radius 1 is 1.61 bits per heavy atom. The van der Waals surface area contributed by atoms with E-state index in [-0.39, 0.29) is 12.4 Å². The highest BCUT2D eigenvalue weighted by atomic mass is 35.5. The van der Waals surface area contributed by atoms with Crippen LogP contribution in [0.25, 0.3) is 0 Å². The summed E-state index contributed by atoms with van der Waals surface area (Å²) in [4.78, 5) is 11.2. The number of nitrogens with one attached hydrogen (secondary N) is 2. The van der Waals surface area contributed by atoms with Crippen LogP contribution in [0.15, 0.2) is 11.3 Å². The lowest BCUT2D eigenvalue weighted by Gasteiger charge is -2.02. The molecule has 1 aromatic heterocycles. The molecule has 5 nitrogen and oxygen atoms in total. The number of amidine groups is 1. The van der Waals surface area contributed by atoms with E-state index in [9.17, 15) is 0 Å². The average Bonchev–Trinajstić information content (AvgIpc) is 2.73. The number of nitrogens with zero attached hydrogens (tertiary/aromatic N) is 3. The van der Waals surface area contributed by atoms with E-state index >= 15 is 0 Å². The van der Waals surface area contributed by atoms with Gasteiger partial charge in [0.05, 0.1) is 12.0 Å². The summed E-state index contributed by atoms with van der Waals surface area (Å²) < 4.78 is 0. The quantitative estimate of drug-likeness (QED) is 0.287. The maximum absolute atomic E-state index is 8.45. The highest BCUT2D eigenvalue weighted by Crippen LogP contribution is 2.14. The molecular weight excluding hydrogens is 290 g/mol. The summed E-state index contributed by atoms with van der Waals surface area (Å²) in [6, 6.07) is 0. The van der Waals surface area contributed by atoms with Crippen LogP contribution in [0.4, 0.5) is 0 Å². The summed E-state index contributed by atoms with van der Waals surface area (Å²) in [6.07, 6.45) is 3.59. The van der Waals surface area contributed by atoms with Gasteiger partial charge in [-0.05, 0) is 6.92 Å². The number of nitriles is 1. The molecule has 0 aromatic carbocycles. The number of halogens is 1. The van der Waals surface area contributed by atoms with Crippen molar-refractivity contribution < 1.29 is 0 Å². The van der Waals surface area contributed by atoms with Crippen molar-refractivity contribution >= 4 is 41.1 Å². The molecule has 0 unspecified atom stereocenters. The minimum absolute atomic E-state index is 0. The van der Waals surface area contributed by atoms with E-state index in [4.69, 9.17) is 5.26 Å². The van der Waals surface area contributed by atoms with Crippen LogP contribution in [-0.2, 0) is 5.75 Å². The van der Waals surface area contributed by atoms with E-state index in [1.54, 1.807) is 25.1 Å². The lowest BCUT2D eigenvalue weighted by molar-refractivity contribution is 1.19. The Bertz CT molecular complexity index is 413. The van der Waals surface area contributed by atoms with Crippen molar-refractivity contribution in [2.24, 2.45) is 4.99 Å². The molecule has 18 heavy (non-hydrogen) atoms. The van der Waals surface area contributed by atoms with Gasteiger partial charge in [0, 0.05) is 30.0 Å². The Morgan fingerprint density at radius 2 is 2.39 bits per heavy atom. The smallest absolute Gasteiger partial charge is 0.183 e. The molecule has 8 heteroatoms. The van der Waals surface area contributed by atoms with Crippen LogP contribution < -0.4 is 5.32 Å². The third-order valence-electron chi connectivity index (χ3n) is 2.01. The fraction of sp³-hybridized carbons (Fsp3) is 0.500. The van der Waals surface area contributed by atoms with Crippen LogP contribution in [0.2, 0.25) is 0 Å². The number of thioether (sulfide) groups is 2. The molecule has 0 bridgehead atoms. The number of aromatic nitrogens is 2. The highest BCUT2D eigenvalue weighted by Gasteiger charge is 2.01. The monoisotopic (exact) mass is 305 g/mol. The molecule has 0 radical (unpaired) electrons. The van der Waals surface area contributed by atoms with Crippen molar-refractivity contribution in [3.63, 3.8) is 0 Å². The Hall–Kier alpha value is -0.840. The second-order valence-corrected chi connectivity index (χ2v) is 5.33. The van der Waals surface area contributed by atoms with E-state index in [1.165, 1.54) is 0 Å². The highest BCUT2D eigenvalue weighted by molar-refractivity contribution is 8.14. The van der Waals surface area contributed by atoms with Gasteiger partial charge < -0.3 is 4.98 Å². The van der Waals surface area contributed by atoms with Gasteiger partial charge in [-0.15, -0.1) is 12.4 Å². The van der Waals surface area contributed by atoms with Crippen LogP contribution in [0.5, 0.6) is 0 Å². The number of aryl methyl sites for hydroxylation is 1. The molecular formula is C10H16ClN5S2. The molecule has 1 aromatic rings. The molecule has 1 heterocycles. The van der Waals surface area contributed by atoms with Crippen LogP contribution in [0.1, 0.15) is 11.4 Å². The molecule has 0 aliphatic rings. The zero-order valence-corrected chi connectivity index (χ0v) is 12.7. The number of H-pyrrole nitrogens is 1. The van der Waals surface area contributed by atoms with Gasteiger partial charge in [0.25, 0.3) is 0 Å². The van der Waals surface area contributed by atoms with Crippen molar-refractivity contribution in [3.8, 4) is 6.19 Å². The first-order valence-corrected chi connectivity index (χ1v) is 7.23. The van der Waals surface area contributed by atoms with Gasteiger partial charge in [0.2, 0.25) is 0 Å². The van der Waals surface area contributed by atoms with Crippen molar-refractivity contribution in [1.82, 2.24) is 15.3 Å². The first-order valence-electron chi connectivity index (χ1n) is 5.09. The average molecular weight is 306 g/mol. The molecule has 0 saturated heterocycles. The standard InChI is InChI=1S/C10H15N5S2.ClH/c1-8-9(15-7-14-8)5-16-3-4-17-10(12-2)13-6-11;/h7H,3-5H2,1-2H3,(H,12,13)(H,14,15);1H. The number of aliphatic imine (C=N–C) groups is 1. The van der Waals surface area contributed by atoms with Gasteiger partial charge in [0.15, 0.2) is 11.4 Å². The molecule has 100 valence electrons. The Labute approximate surface area is 122 Å². The summed E-state index contributed by atoms with van der Waals surface area (Å²) in [6.45, 7) is 2.02. The topological polar surface area (TPSA) is 76.9 Å². The lowest BCUT2D eigenvalue weighted by Crippen LogP contribution is -2.14. The molecule has 0 atom stereocenters. The Balaban J connectivity index is 0.00000289. The molecule has 0 fully saturated rings. The van der Waals surface area contributed by atoms with Crippen LogP contribution >= 0.6 is 35.9 Å². The van der Waals surface area contributed by atoms with E-state index < -0.39 is 0 Å². The van der Waals surface area contributed by atoms with Gasteiger partial charge in [-0.1, -0.05) is 11.8 Å². The fourth-order valence-electron chi connectivity index (χ4n) is 1.10. The van der Waals surface area contributed by atoms with Crippen LogP contribution in [0, 0.1) is 18.4 Å². The van der Waals surface area contributed by atoms with Crippen molar-refractivity contribution in [3.05, 3.63) is 17.7 Å². The summed E-state index contributed by atoms with van der Waals surface area (Å²) in [5.41, 5.74) is 2.24. The molecule has 0 spiro atoms. The summed E-state index contributed by atoms with van der Waals surface area (Å²) in [5, 5.41) is 11.7. The number of rotatable bonds is 5. The second-order valence-electron chi connectivity index (χ2n) is 3.14. The number of hydrogen-bond donors (Lipinski definition) is 2. The second kappa shape index (κ2) is 10.1. The zero-order chi connectivity index (χ0) is 12.5. The van der Waals surface area contributed by atoms with E-state index in [2.05, 4.69) is 20.3 Å². The first kappa shape index (κ1) is 17.2. The largest absolute Gasteiger partial charge is 0.348 e. The Morgan fingerprint density at radius 3 is 2.94 bits per heavy atom. The van der Waals surface area contributed by atoms with E-state index in [0.29, 0.717) is 5.17 Å². The number of aromatic amines is 1. The Kier molecular flexibility index (Phi) is 9.64. The lowest BCUT2D eigenvalue weighted by atomic mass is 10.4. The van der Waals surface area contributed by atoms with Crippen LogP contribution in [-0.4, -0.2) is 33.7 Å². The van der Waals surface area contributed by atoms with Gasteiger partial charge >= 0.3 is 0 Å². The predicted octanol–water partition coefficient (Wildman–Crippen LogP) is 2.16. The van der Waals surface area contributed by atoms with Crippen molar-refractivity contribution in [2.75, 3.05) is 18.6 Å². The first-order chi connectivity index (χ1) is 8.27. The van der Waals surface area contributed by atoms with Gasteiger partial charge in [-0.3, -0.25) is 10.3 Å². The maximum Gasteiger partial charge on any atom is 0.183 e. The third-order valence-corrected chi connectivity index (χ3v) is 4.20. The van der Waals surface area contributed by atoms with Gasteiger partial charge in [0.1, 0.15) is 0 Å². The summed E-state index contributed by atoms with van der Waals surface area (Å²) in [5.74, 6) is 2.85.